The summed E-state index contributed by atoms with van der Waals surface area (Å²) >= 11 is 1.43. The highest BCUT2D eigenvalue weighted by Gasteiger charge is 2.17. The molecule has 1 N–H and O–H groups in total. The van der Waals surface area contributed by atoms with Gasteiger partial charge in [0, 0.05) is 17.5 Å². The van der Waals surface area contributed by atoms with Crippen molar-refractivity contribution in [2.75, 3.05) is 7.11 Å². The molecular weight excluding hydrogens is 292 g/mol. The van der Waals surface area contributed by atoms with E-state index in [0.29, 0.717) is 23.0 Å². The minimum absolute atomic E-state index is 0.0474. The first-order valence-corrected chi connectivity index (χ1v) is 6.85. The maximum Gasteiger partial charge on any atom is 0.356 e. The molecule has 0 aromatic carbocycles. The van der Waals surface area contributed by atoms with Crippen molar-refractivity contribution < 1.29 is 14.6 Å². The Kier molecular flexibility index (Phi) is 3.36. The van der Waals surface area contributed by atoms with Crippen molar-refractivity contribution in [2.24, 2.45) is 0 Å². The summed E-state index contributed by atoms with van der Waals surface area (Å²) in [5, 5.41) is 15.0. The molecule has 0 aliphatic carbocycles. The zero-order chi connectivity index (χ0) is 14.8. The van der Waals surface area contributed by atoms with Crippen LogP contribution in [0.5, 0.6) is 5.88 Å². The number of carboxylic acids is 1. The molecule has 0 spiro atoms. The van der Waals surface area contributed by atoms with Crippen molar-refractivity contribution in [2.45, 2.75) is 0 Å². The summed E-state index contributed by atoms with van der Waals surface area (Å²) in [4.78, 5) is 19.4. The molecule has 0 atom stereocenters. The van der Waals surface area contributed by atoms with E-state index in [1.165, 1.54) is 29.2 Å². The number of methoxy groups -OCH3 is 1. The Labute approximate surface area is 123 Å². The Bertz CT molecular complexity index is 765. The first-order chi connectivity index (χ1) is 10.2. The first kappa shape index (κ1) is 13.3. The van der Waals surface area contributed by atoms with Gasteiger partial charge in [-0.1, -0.05) is 0 Å². The maximum atomic E-state index is 11.1. The summed E-state index contributed by atoms with van der Waals surface area (Å²) in [5.41, 5.74) is 3.52. The number of carboxylic acid groups (broad SMARTS) is 1. The lowest BCUT2D eigenvalue weighted by molar-refractivity contribution is 0.0690. The molecule has 7 nitrogen and oxygen atoms in total. The van der Waals surface area contributed by atoms with Gasteiger partial charge in [-0.05, 0) is 6.07 Å². The number of ether oxygens (including phenoxy) is 1. The highest BCUT2D eigenvalue weighted by Crippen LogP contribution is 2.24. The van der Waals surface area contributed by atoms with Crippen LogP contribution in [0.1, 0.15) is 10.5 Å². The van der Waals surface area contributed by atoms with E-state index >= 15 is 0 Å². The summed E-state index contributed by atoms with van der Waals surface area (Å²) in [6.45, 7) is 0. The van der Waals surface area contributed by atoms with E-state index in [1.807, 2.05) is 5.38 Å². The van der Waals surface area contributed by atoms with Crippen molar-refractivity contribution in [1.82, 2.24) is 19.7 Å². The van der Waals surface area contributed by atoms with Crippen molar-refractivity contribution in [3.63, 3.8) is 0 Å². The van der Waals surface area contributed by atoms with Gasteiger partial charge in [0.25, 0.3) is 0 Å². The largest absolute Gasteiger partial charge is 0.481 e. The summed E-state index contributed by atoms with van der Waals surface area (Å²) in [6, 6.07) is 4.92. The van der Waals surface area contributed by atoms with Crippen LogP contribution in [-0.4, -0.2) is 37.9 Å². The summed E-state index contributed by atoms with van der Waals surface area (Å²) < 4.78 is 6.51. The van der Waals surface area contributed by atoms with Crippen LogP contribution in [0, 0.1) is 0 Å². The second-order valence-corrected chi connectivity index (χ2v) is 4.78. The molecule has 106 valence electrons. The highest BCUT2D eigenvalue weighted by molar-refractivity contribution is 7.07. The van der Waals surface area contributed by atoms with E-state index in [-0.39, 0.29) is 5.69 Å². The highest BCUT2D eigenvalue weighted by atomic mass is 32.1. The molecule has 0 aliphatic rings. The van der Waals surface area contributed by atoms with Gasteiger partial charge in [0.05, 0.1) is 35.9 Å². The fraction of sp³-hybridized carbons (Fsp3) is 0.0769. The van der Waals surface area contributed by atoms with Gasteiger partial charge in [0.1, 0.15) is 0 Å². The molecule has 0 saturated carbocycles. The average molecular weight is 302 g/mol. The number of carbonyl (C=O) groups is 1. The third kappa shape index (κ3) is 2.48. The Morgan fingerprint density at radius 2 is 2.24 bits per heavy atom. The normalized spacial score (nSPS) is 10.5. The van der Waals surface area contributed by atoms with Crippen LogP contribution < -0.4 is 4.74 Å². The summed E-state index contributed by atoms with van der Waals surface area (Å²) in [7, 11) is 1.53. The summed E-state index contributed by atoms with van der Waals surface area (Å²) in [6.07, 6.45) is 1.56. The van der Waals surface area contributed by atoms with Gasteiger partial charge in [-0.2, -0.15) is 5.10 Å². The standard InChI is InChI=1S/C13H10N4O3S/c1-20-12-3-2-8(5-14-12)17-11(10-6-21-7-15-10)4-9(16-17)13(18)19/h2-7H,1H3,(H,18,19). The molecule has 0 aliphatic heterocycles. The molecule has 21 heavy (non-hydrogen) atoms. The number of rotatable bonds is 4. The molecule has 8 heteroatoms. The number of thiazole rings is 1. The first-order valence-electron chi connectivity index (χ1n) is 5.91. The van der Waals surface area contributed by atoms with Gasteiger partial charge in [-0.3, -0.25) is 0 Å². The average Bonchev–Trinajstić information content (AvgIpc) is 3.16. The molecule has 3 rings (SSSR count). The van der Waals surface area contributed by atoms with Crippen LogP contribution in [0.15, 0.2) is 35.3 Å². The van der Waals surface area contributed by atoms with E-state index in [2.05, 4.69) is 15.1 Å². The van der Waals surface area contributed by atoms with Crippen molar-refractivity contribution in [1.29, 1.82) is 0 Å². The van der Waals surface area contributed by atoms with E-state index in [1.54, 1.807) is 23.8 Å². The van der Waals surface area contributed by atoms with Crippen LogP contribution in [0.4, 0.5) is 0 Å². The number of aromatic nitrogens is 4. The molecule has 3 aromatic heterocycles. The maximum absolute atomic E-state index is 11.1. The molecule has 0 bridgehead atoms. The smallest absolute Gasteiger partial charge is 0.356 e. The van der Waals surface area contributed by atoms with Crippen molar-refractivity contribution in [3.05, 3.63) is 41.0 Å². The lowest BCUT2D eigenvalue weighted by Gasteiger charge is -2.05. The lowest BCUT2D eigenvalue weighted by atomic mass is 10.3. The molecule has 0 amide bonds. The minimum atomic E-state index is -1.09. The molecular formula is C13H10N4O3S. The van der Waals surface area contributed by atoms with Crippen LogP contribution in [0.2, 0.25) is 0 Å². The van der Waals surface area contributed by atoms with Crippen LogP contribution in [-0.2, 0) is 0 Å². The van der Waals surface area contributed by atoms with E-state index < -0.39 is 5.97 Å². The predicted octanol–water partition coefficient (Wildman–Crippen LogP) is 2.10. The fourth-order valence-corrected chi connectivity index (χ4v) is 2.37. The van der Waals surface area contributed by atoms with Crippen LogP contribution in [0.3, 0.4) is 0 Å². The Morgan fingerprint density at radius 1 is 1.38 bits per heavy atom. The van der Waals surface area contributed by atoms with Gasteiger partial charge < -0.3 is 9.84 Å². The third-order valence-corrected chi connectivity index (χ3v) is 3.38. The SMILES string of the molecule is COc1ccc(-n2nc(C(=O)O)cc2-c2cscn2)cn1. The Hall–Kier alpha value is -2.74. The zero-order valence-electron chi connectivity index (χ0n) is 10.9. The van der Waals surface area contributed by atoms with E-state index in [0.717, 1.165) is 0 Å². The number of hydrogen-bond donors (Lipinski definition) is 1. The Morgan fingerprint density at radius 3 is 2.81 bits per heavy atom. The van der Waals surface area contributed by atoms with Crippen molar-refractivity contribution >= 4 is 17.3 Å². The van der Waals surface area contributed by atoms with Gasteiger partial charge >= 0.3 is 5.97 Å². The van der Waals surface area contributed by atoms with Crippen molar-refractivity contribution in [3.8, 4) is 23.0 Å². The fourth-order valence-electron chi connectivity index (χ4n) is 1.82. The minimum Gasteiger partial charge on any atom is -0.481 e. The molecule has 3 aromatic rings. The molecule has 0 radical (unpaired) electrons. The van der Waals surface area contributed by atoms with Crippen LogP contribution in [0.25, 0.3) is 17.1 Å². The van der Waals surface area contributed by atoms with E-state index in [4.69, 9.17) is 9.84 Å². The van der Waals surface area contributed by atoms with Crippen LogP contribution >= 0.6 is 11.3 Å². The van der Waals surface area contributed by atoms with Gasteiger partial charge in [-0.25, -0.2) is 19.4 Å². The topological polar surface area (TPSA) is 90.1 Å². The molecule has 0 saturated heterocycles. The Balaban J connectivity index is 2.13. The second-order valence-electron chi connectivity index (χ2n) is 4.06. The summed E-state index contributed by atoms with van der Waals surface area (Å²) in [5.74, 6) is -0.619. The van der Waals surface area contributed by atoms with E-state index in [9.17, 15) is 4.79 Å². The molecule has 3 heterocycles. The number of hydrogen-bond acceptors (Lipinski definition) is 6. The third-order valence-electron chi connectivity index (χ3n) is 2.80. The predicted molar refractivity (Wildman–Crippen MR) is 76.0 cm³/mol. The second kappa shape index (κ2) is 5.33. The number of aromatic carboxylic acids is 1. The molecule has 0 fully saturated rings. The van der Waals surface area contributed by atoms with Gasteiger partial charge in [0.15, 0.2) is 5.69 Å². The van der Waals surface area contributed by atoms with Gasteiger partial charge in [0.2, 0.25) is 5.88 Å². The lowest BCUT2D eigenvalue weighted by Crippen LogP contribution is -2.03. The number of pyridine rings is 1. The van der Waals surface area contributed by atoms with Gasteiger partial charge in [-0.15, -0.1) is 11.3 Å². The molecule has 0 unspecified atom stereocenters. The zero-order valence-corrected chi connectivity index (χ0v) is 11.7. The number of nitrogens with zero attached hydrogens (tertiary/aromatic N) is 4. The quantitative estimate of drug-likeness (QED) is 0.793. The monoisotopic (exact) mass is 302 g/mol.